The average molecular weight is 392 g/mol. The molecule has 0 aromatic heterocycles. The zero-order valence-electron chi connectivity index (χ0n) is 16.1. The Kier molecular flexibility index (Phi) is 7.68. The number of carboxylic acid groups (broad SMARTS) is 1. The maximum absolute atomic E-state index is 12.3. The second kappa shape index (κ2) is 9.55. The molecule has 2 atom stereocenters. The lowest BCUT2D eigenvalue weighted by Crippen LogP contribution is -2.17. The quantitative estimate of drug-likeness (QED) is 0.505. The fourth-order valence-electron chi connectivity index (χ4n) is 3.84. The van der Waals surface area contributed by atoms with Crippen LogP contribution in [0, 0.1) is 31.3 Å². The van der Waals surface area contributed by atoms with Crippen molar-refractivity contribution >= 4 is 13.3 Å². The fraction of sp³-hybridized carbons (Fsp3) is 0.571. The SMILES string of the molecule is Cc1cc(C)c(C#CP(=O)(O)CC(O)CC(=O)O)c(CC2CCCCC2)c1. The Balaban J connectivity index is 2.23. The van der Waals surface area contributed by atoms with Gasteiger partial charge in [0.1, 0.15) is 0 Å². The van der Waals surface area contributed by atoms with Crippen LogP contribution in [-0.2, 0) is 15.8 Å². The van der Waals surface area contributed by atoms with E-state index in [4.69, 9.17) is 5.11 Å². The van der Waals surface area contributed by atoms with Crippen molar-refractivity contribution < 1.29 is 24.5 Å². The molecule has 27 heavy (non-hydrogen) atoms. The first-order valence-electron chi connectivity index (χ1n) is 9.51. The standard InChI is InChI=1S/C21H29O5P/c1-15-10-16(2)20(18(11-15)12-17-6-4-3-5-7-17)8-9-27(25,26)14-19(22)13-21(23)24/h10-11,17,19,22H,3-7,12-14H2,1-2H3,(H,23,24)(H,25,26). The molecule has 0 bridgehead atoms. The molecule has 5 nitrogen and oxygen atoms in total. The monoisotopic (exact) mass is 392 g/mol. The molecule has 1 aliphatic carbocycles. The summed E-state index contributed by atoms with van der Waals surface area (Å²) >= 11 is 0. The van der Waals surface area contributed by atoms with Crippen molar-refractivity contribution in [3.05, 3.63) is 34.4 Å². The largest absolute Gasteiger partial charge is 0.481 e. The summed E-state index contributed by atoms with van der Waals surface area (Å²) in [6.45, 7) is 3.98. The Bertz CT molecular complexity index is 784. The van der Waals surface area contributed by atoms with E-state index >= 15 is 0 Å². The summed E-state index contributed by atoms with van der Waals surface area (Å²) in [4.78, 5) is 20.7. The molecule has 2 unspecified atom stereocenters. The number of hydrogen-bond donors (Lipinski definition) is 3. The predicted octanol–water partition coefficient (Wildman–Crippen LogP) is 3.84. The molecule has 148 valence electrons. The van der Waals surface area contributed by atoms with E-state index in [2.05, 4.69) is 17.6 Å². The second-order valence-electron chi connectivity index (χ2n) is 7.70. The lowest BCUT2D eigenvalue weighted by molar-refractivity contribution is -0.138. The summed E-state index contributed by atoms with van der Waals surface area (Å²) < 4.78 is 12.3. The maximum atomic E-state index is 12.3. The Morgan fingerprint density at radius 1 is 1.26 bits per heavy atom. The van der Waals surface area contributed by atoms with Gasteiger partial charge < -0.3 is 15.1 Å². The van der Waals surface area contributed by atoms with Gasteiger partial charge >= 0.3 is 5.97 Å². The third-order valence-electron chi connectivity index (χ3n) is 5.02. The second-order valence-corrected chi connectivity index (χ2v) is 9.69. The molecule has 0 heterocycles. The summed E-state index contributed by atoms with van der Waals surface area (Å²) in [6.07, 6.45) is 4.66. The van der Waals surface area contributed by atoms with Crippen molar-refractivity contribution in [3.8, 4) is 11.6 Å². The van der Waals surface area contributed by atoms with Crippen molar-refractivity contribution in [2.24, 2.45) is 5.92 Å². The molecule has 0 radical (unpaired) electrons. The lowest BCUT2D eigenvalue weighted by atomic mass is 9.83. The van der Waals surface area contributed by atoms with Gasteiger partial charge in [-0.15, -0.1) is 0 Å². The van der Waals surface area contributed by atoms with Gasteiger partial charge in [0.25, 0.3) is 7.37 Å². The number of aliphatic hydroxyl groups excluding tert-OH is 1. The summed E-state index contributed by atoms with van der Waals surface area (Å²) in [5.41, 5.74) is 6.44. The van der Waals surface area contributed by atoms with E-state index in [0.717, 1.165) is 28.7 Å². The van der Waals surface area contributed by atoms with Gasteiger partial charge in [0, 0.05) is 5.56 Å². The highest BCUT2D eigenvalue weighted by atomic mass is 31.2. The van der Waals surface area contributed by atoms with Gasteiger partial charge in [0.05, 0.1) is 18.7 Å². The van der Waals surface area contributed by atoms with Crippen molar-refractivity contribution in [2.45, 2.75) is 64.9 Å². The minimum Gasteiger partial charge on any atom is -0.481 e. The van der Waals surface area contributed by atoms with Gasteiger partial charge in [-0.1, -0.05) is 55.7 Å². The third-order valence-corrected chi connectivity index (χ3v) is 6.40. The van der Waals surface area contributed by atoms with Crippen LogP contribution in [0.3, 0.4) is 0 Å². The summed E-state index contributed by atoms with van der Waals surface area (Å²) in [6, 6.07) is 4.11. The van der Waals surface area contributed by atoms with E-state index in [1.54, 1.807) is 0 Å². The van der Waals surface area contributed by atoms with Crippen molar-refractivity contribution in [3.63, 3.8) is 0 Å². The highest BCUT2D eigenvalue weighted by molar-refractivity contribution is 7.63. The molecule has 1 aliphatic rings. The number of benzene rings is 1. The van der Waals surface area contributed by atoms with Gasteiger partial charge in [-0.05, 0) is 43.0 Å². The maximum Gasteiger partial charge on any atom is 0.305 e. The zero-order valence-corrected chi connectivity index (χ0v) is 17.0. The number of aryl methyl sites for hydroxylation is 2. The van der Waals surface area contributed by atoms with Crippen LogP contribution in [0.15, 0.2) is 12.1 Å². The molecule has 1 fully saturated rings. The van der Waals surface area contributed by atoms with Gasteiger partial charge in [-0.2, -0.15) is 0 Å². The van der Waals surface area contributed by atoms with Crippen LogP contribution in [0.4, 0.5) is 0 Å². The number of carboxylic acids is 1. The number of aliphatic carboxylic acids is 1. The van der Waals surface area contributed by atoms with Crippen LogP contribution >= 0.6 is 7.37 Å². The summed E-state index contributed by atoms with van der Waals surface area (Å²) in [7, 11) is -3.94. The number of aliphatic hydroxyl groups is 1. The average Bonchev–Trinajstić information content (AvgIpc) is 2.53. The third kappa shape index (κ3) is 7.14. The Morgan fingerprint density at radius 2 is 1.93 bits per heavy atom. The van der Waals surface area contributed by atoms with E-state index in [1.165, 1.54) is 32.1 Å². The predicted molar refractivity (Wildman–Crippen MR) is 106 cm³/mol. The van der Waals surface area contributed by atoms with Gasteiger partial charge in [0.2, 0.25) is 0 Å². The topological polar surface area (TPSA) is 94.8 Å². The first-order valence-corrected chi connectivity index (χ1v) is 11.4. The van der Waals surface area contributed by atoms with E-state index in [9.17, 15) is 19.4 Å². The Labute approximate surface area is 161 Å². The van der Waals surface area contributed by atoms with Crippen LogP contribution in [0.1, 0.15) is 60.8 Å². The van der Waals surface area contributed by atoms with Gasteiger partial charge in [-0.3, -0.25) is 9.36 Å². The van der Waals surface area contributed by atoms with Crippen LogP contribution in [0.5, 0.6) is 0 Å². The van der Waals surface area contributed by atoms with Gasteiger partial charge in [0.15, 0.2) is 0 Å². The molecule has 0 amide bonds. The van der Waals surface area contributed by atoms with Crippen molar-refractivity contribution in [1.82, 2.24) is 0 Å². The molecular formula is C21H29O5P. The smallest absolute Gasteiger partial charge is 0.305 e. The summed E-state index contributed by atoms with van der Waals surface area (Å²) in [5.74, 6) is 2.29. The molecular weight excluding hydrogens is 363 g/mol. The first kappa shape index (κ1) is 21.7. The Morgan fingerprint density at radius 3 is 2.56 bits per heavy atom. The normalized spacial score (nSPS) is 18.2. The van der Waals surface area contributed by atoms with Crippen molar-refractivity contribution in [2.75, 3.05) is 6.16 Å². The van der Waals surface area contributed by atoms with Crippen LogP contribution in [0.2, 0.25) is 0 Å². The minimum absolute atomic E-state index is 0.533. The summed E-state index contributed by atoms with van der Waals surface area (Å²) in [5, 5.41) is 18.3. The zero-order chi connectivity index (χ0) is 20.0. The minimum atomic E-state index is -3.94. The highest BCUT2D eigenvalue weighted by Gasteiger charge is 2.23. The molecule has 1 saturated carbocycles. The van der Waals surface area contributed by atoms with E-state index in [-0.39, 0.29) is 0 Å². The molecule has 0 spiro atoms. The van der Waals surface area contributed by atoms with Gasteiger partial charge in [-0.25, -0.2) is 0 Å². The fourth-order valence-corrected chi connectivity index (χ4v) is 4.92. The first-order chi connectivity index (χ1) is 12.7. The molecule has 6 heteroatoms. The van der Waals surface area contributed by atoms with E-state index in [0.29, 0.717) is 5.92 Å². The number of carbonyl (C=O) groups is 1. The van der Waals surface area contributed by atoms with Crippen LogP contribution < -0.4 is 0 Å². The van der Waals surface area contributed by atoms with Crippen LogP contribution in [0.25, 0.3) is 0 Å². The molecule has 1 aromatic rings. The molecule has 1 aromatic carbocycles. The van der Waals surface area contributed by atoms with E-state index < -0.39 is 32.0 Å². The molecule has 3 N–H and O–H groups in total. The molecule has 2 rings (SSSR count). The number of hydrogen-bond acceptors (Lipinski definition) is 3. The Hall–Kier alpha value is -1.60. The highest BCUT2D eigenvalue weighted by Crippen LogP contribution is 2.40. The molecule has 0 saturated heterocycles. The lowest BCUT2D eigenvalue weighted by Gasteiger charge is -2.22. The van der Waals surface area contributed by atoms with Crippen molar-refractivity contribution in [1.29, 1.82) is 0 Å². The number of rotatable bonds is 6. The molecule has 0 aliphatic heterocycles. The van der Waals surface area contributed by atoms with Crippen LogP contribution in [-0.4, -0.2) is 33.3 Å². The van der Waals surface area contributed by atoms with E-state index in [1.807, 2.05) is 19.9 Å².